The first-order valence-corrected chi connectivity index (χ1v) is 31.3. The van der Waals surface area contributed by atoms with Crippen molar-refractivity contribution in [2.75, 3.05) is 13.2 Å². The Kier molecular flexibility index (Phi) is 26.0. The summed E-state index contributed by atoms with van der Waals surface area (Å²) in [7, 11) is 0. The lowest BCUT2D eigenvalue weighted by molar-refractivity contribution is -0.172. The molecule has 0 aromatic heterocycles. The Morgan fingerprint density at radius 1 is 0.538 bits per heavy atom. The van der Waals surface area contributed by atoms with Gasteiger partial charge in [0, 0.05) is 0 Å². The summed E-state index contributed by atoms with van der Waals surface area (Å²) in [6.07, 6.45) is 41.2. The van der Waals surface area contributed by atoms with Crippen molar-refractivity contribution in [2.45, 2.75) is 219 Å². The number of halogens is 1. The van der Waals surface area contributed by atoms with Gasteiger partial charge in [-0.05, 0) is 224 Å². The van der Waals surface area contributed by atoms with Crippen molar-refractivity contribution in [3.8, 4) is 23.0 Å². The van der Waals surface area contributed by atoms with E-state index >= 15 is 0 Å². The number of ether oxygens (including phenoxy) is 3. The molecule has 0 spiro atoms. The van der Waals surface area contributed by atoms with Gasteiger partial charge in [-0.25, -0.2) is 4.39 Å². The summed E-state index contributed by atoms with van der Waals surface area (Å²) >= 11 is 0. The third-order valence-corrected chi connectivity index (χ3v) is 18.2. The minimum atomic E-state index is -0.662. The molecule has 4 aliphatic carbocycles. The second-order valence-corrected chi connectivity index (χ2v) is 24.1. The highest BCUT2D eigenvalue weighted by atomic mass is 19.1. The molecule has 0 saturated heterocycles. The van der Waals surface area contributed by atoms with Crippen LogP contribution in [0.15, 0.2) is 115 Å². The van der Waals surface area contributed by atoms with E-state index in [4.69, 9.17) is 24.0 Å². The smallest absolute Gasteiger partial charge is 0.319 e. The van der Waals surface area contributed by atoms with Crippen LogP contribution in [0.25, 0.3) is 0 Å². The molecule has 78 heavy (non-hydrogen) atoms. The maximum absolute atomic E-state index is 14.8. The van der Waals surface area contributed by atoms with Crippen LogP contribution in [-0.4, -0.2) is 19.2 Å². The predicted molar refractivity (Wildman–Crippen MR) is 319 cm³/mol. The Labute approximate surface area is 471 Å². The molecule has 7 heteroatoms. The highest BCUT2D eigenvalue weighted by Crippen LogP contribution is 2.45. The molecule has 0 aliphatic heterocycles. The number of hydrogen-bond acceptors (Lipinski definition) is 6. The molecule has 0 atom stereocenters. The molecular formula is C71H99FO6. The van der Waals surface area contributed by atoms with Crippen molar-refractivity contribution in [3.63, 3.8) is 0 Å². The average molecular weight is 1070 g/mol. The van der Waals surface area contributed by atoms with Gasteiger partial charge < -0.3 is 14.2 Å². The second kappa shape index (κ2) is 33.5. The number of hydrogen-bond donors (Lipinski definition) is 0. The summed E-state index contributed by atoms with van der Waals surface area (Å²) in [6.45, 7) is 13.9. The molecule has 4 aromatic rings. The molecule has 0 unspecified atom stereocenters. The van der Waals surface area contributed by atoms with Crippen molar-refractivity contribution in [1.82, 2.24) is 0 Å². The molecule has 4 aromatic carbocycles. The van der Waals surface area contributed by atoms with Crippen LogP contribution in [0.1, 0.15) is 228 Å². The Bertz CT molecular complexity index is 2320. The van der Waals surface area contributed by atoms with Gasteiger partial charge in [0.15, 0.2) is 23.1 Å². The zero-order valence-corrected chi connectivity index (χ0v) is 48.7. The molecule has 0 radical (unpaired) electrons. The van der Waals surface area contributed by atoms with Crippen molar-refractivity contribution < 1.29 is 33.2 Å². The minimum absolute atomic E-state index is 0.0760. The van der Waals surface area contributed by atoms with Gasteiger partial charge >= 0.3 is 5.97 Å². The molecule has 0 amide bonds. The summed E-state index contributed by atoms with van der Waals surface area (Å²) in [5.74, 6) is 7.71. The van der Waals surface area contributed by atoms with E-state index in [2.05, 4.69) is 75.9 Å². The number of rotatable bonds is 27. The van der Waals surface area contributed by atoms with Gasteiger partial charge in [-0.3, -0.25) is 14.6 Å². The number of carbonyl (C=O) groups excluding carboxylic acids is 1. The number of esters is 1. The summed E-state index contributed by atoms with van der Waals surface area (Å²) in [5.41, 5.74) is 4.85. The highest BCUT2D eigenvalue weighted by Gasteiger charge is 2.31. The highest BCUT2D eigenvalue weighted by molar-refractivity contribution is 5.74. The molecule has 0 heterocycles. The van der Waals surface area contributed by atoms with E-state index in [-0.39, 0.29) is 17.9 Å². The summed E-state index contributed by atoms with van der Waals surface area (Å²) in [6, 6.07) is 29.5. The molecule has 6 nitrogen and oxygen atoms in total. The fraction of sp³-hybridized carbons (Fsp3) is 0.592. The third kappa shape index (κ3) is 21.2. The number of unbranched alkanes of at least 4 members (excludes halogenated alkanes) is 7. The van der Waals surface area contributed by atoms with Gasteiger partial charge in [0.2, 0.25) is 0 Å². The first-order valence-electron chi connectivity index (χ1n) is 31.3. The Hall–Kier alpha value is -5.04. The molecule has 4 saturated carbocycles. The van der Waals surface area contributed by atoms with Crippen LogP contribution in [-0.2, 0) is 9.68 Å². The van der Waals surface area contributed by atoms with E-state index in [0.717, 1.165) is 110 Å². The SMILES string of the molecule is C=C(CC(=O)Oc1ccc(C2CCC(C=CC3CCC(CC)CC3)CC2)cc1F)OOc1ccc(C)cc1.CCCCCCCCCC1CCC(C2CCC(c3ccc(OCCCCOc4ccc(C)cc4)cc3)CC2)CC1. The fourth-order valence-electron chi connectivity index (χ4n) is 13.0. The quantitative estimate of drug-likeness (QED) is 0.0113. The lowest BCUT2D eigenvalue weighted by atomic mass is 9.68. The van der Waals surface area contributed by atoms with Crippen LogP contribution in [0.4, 0.5) is 4.39 Å². The topological polar surface area (TPSA) is 63.2 Å². The van der Waals surface area contributed by atoms with E-state index in [0.29, 0.717) is 17.6 Å². The van der Waals surface area contributed by atoms with Crippen molar-refractivity contribution >= 4 is 5.97 Å². The van der Waals surface area contributed by atoms with E-state index in [9.17, 15) is 9.18 Å². The normalized spacial score (nSPS) is 23.4. The maximum atomic E-state index is 14.8. The van der Waals surface area contributed by atoms with E-state index in [1.54, 1.807) is 18.2 Å². The maximum Gasteiger partial charge on any atom is 0.319 e. The zero-order chi connectivity index (χ0) is 54.7. The molecule has 4 aliphatic rings. The van der Waals surface area contributed by atoms with E-state index < -0.39 is 11.8 Å². The Morgan fingerprint density at radius 3 is 1.58 bits per heavy atom. The zero-order valence-electron chi connectivity index (χ0n) is 48.7. The largest absolute Gasteiger partial charge is 0.494 e. The lowest BCUT2D eigenvalue weighted by Gasteiger charge is -2.38. The van der Waals surface area contributed by atoms with Gasteiger partial charge in [0.05, 0.1) is 13.2 Å². The van der Waals surface area contributed by atoms with E-state index in [1.165, 1.54) is 152 Å². The second-order valence-electron chi connectivity index (χ2n) is 24.1. The molecular weight excluding hydrogens is 968 g/mol. The van der Waals surface area contributed by atoms with E-state index in [1.807, 2.05) is 37.3 Å². The summed E-state index contributed by atoms with van der Waals surface area (Å²) < 4.78 is 31.9. The predicted octanol–water partition coefficient (Wildman–Crippen LogP) is 20.5. The monoisotopic (exact) mass is 1070 g/mol. The van der Waals surface area contributed by atoms with Crippen molar-refractivity contribution in [2.24, 2.45) is 35.5 Å². The van der Waals surface area contributed by atoms with Gasteiger partial charge in [0.25, 0.3) is 0 Å². The van der Waals surface area contributed by atoms with Crippen LogP contribution < -0.4 is 19.1 Å². The fourth-order valence-corrected chi connectivity index (χ4v) is 13.0. The van der Waals surface area contributed by atoms with Gasteiger partial charge in [-0.1, -0.05) is 157 Å². The van der Waals surface area contributed by atoms with Crippen LogP contribution >= 0.6 is 0 Å². The molecule has 0 N–H and O–H groups in total. The van der Waals surface area contributed by atoms with Gasteiger partial charge in [0.1, 0.15) is 17.9 Å². The standard InChI is InChI=1S/C38H58O2.C33H41FO4/c1-3-4-5-6-7-8-9-12-32-15-17-33(18-16-32)34-19-21-35(22-20-34)36-23-27-38(28-24-36)40-30-11-10-29-39-37-25-13-31(2)14-26-37;1-4-25-7-9-26(10-8-25)11-12-27-13-15-28(16-14-27)29-17-20-32(31(34)22-29)36-33(35)21-24(3)37-38-30-18-5-23(2)6-19-30/h13-14,23-28,32-35H,3-12,15-22,29-30H2,1-2H3;5-6,11-12,17-20,22,25-28H,3-4,7-10,13-16,21H2,1-2H3. The molecule has 8 rings (SSSR count). The molecule has 0 bridgehead atoms. The Morgan fingerprint density at radius 2 is 1.01 bits per heavy atom. The number of allylic oxidation sites excluding steroid dienone is 2. The summed E-state index contributed by atoms with van der Waals surface area (Å²) in [4.78, 5) is 22.5. The molecule has 426 valence electrons. The first-order chi connectivity index (χ1) is 38.1. The van der Waals surface area contributed by atoms with Crippen LogP contribution in [0.5, 0.6) is 23.0 Å². The summed E-state index contributed by atoms with van der Waals surface area (Å²) in [5, 5.41) is 0. The van der Waals surface area contributed by atoms with Crippen LogP contribution in [0.3, 0.4) is 0 Å². The van der Waals surface area contributed by atoms with Crippen LogP contribution in [0.2, 0.25) is 0 Å². The molecule has 4 fully saturated rings. The minimum Gasteiger partial charge on any atom is -0.494 e. The van der Waals surface area contributed by atoms with Crippen LogP contribution in [0, 0.1) is 55.2 Å². The van der Waals surface area contributed by atoms with Gasteiger partial charge in [-0.2, -0.15) is 0 Å². The van der Waals surface area contributed by atoms with Crippen molar-refractivity contribution in [1.29, 1.82) is 0 Å². The average Bonchev–Trinajstić information content (AvgIpc) is 3.47. The number of benzene rings is 4. The first kappa shape index (κ1) is 60.6. The van der Waals surface area contributed by atoms with Gasteiger partial charge in [-0.15, -0.1) is 0 Å². The lowest BCUT2D eigenvalue weighted by Crippen LogP contribution is -2.25. The number of aryl methyl sites for hydroxylation is 2. The third-order valence-electron chi connectivity index (χ3n) is 18.2. The Balaban J connectivity index is 0.000000226. The van der Waals surface area contributed by atoms with Crippen molar-refractivity contribution in [3.05, 3.63) is 144 Å². The number of carbonyl (C=O) groups is 1.